The molecule has 0 saturated heterocycles. The summed E-state index contributed by atoms with van der Waals surface area (Å²) < 4.78 is 11.4. The number of amides is 1. The van der Waals surface area contributed by atoms with Crippen LogP contribution >= 0.6 is 23.2 Å². The summed E-state index contributed by atoms with van der Waals surface area (Å²) in [6.45, 7) is 4.59. The standard InChI is InChI=1S/C24H24Cl2N2O3/c1-15(2)19-13-17(6-9-21(19)30-3)31-23-20(25)8-7-18(22(23)26)24(29)28-12-10-16-5-4-11-27-14-16/h4-9,11,13-15H,10,12H2,1-3H3,(H,28,29). The summed E-state index contributed by atoms with van der Waals surface area (Å²) in [5.41, 5.74) is 2.33. The fraction of sp³-hybridized carbons (Fsp3) is 0.250. The lowest BCUT2D eigenvalue weighted by molar-refractivity contribution is 0.0954. The van der Waals surface area contributed by atoms with Gasteiger partial charge in [-0.2, -0.15) is 0 Å². The minimum Gasteiger partial charge on any atom is -0.496 e. The smallest absolute Gasteiger partial charge is 0.252 e. The summed E-state index contributed by atoms with van der Waals surface area (Å²) in [5.74, 6) is 1.52. The van der Waals surface area contributed by atoms with Gasteiger partial charge in [-0.25, -0.2) is 0 Å². The highest BCUT2D eigenvalue weighted by atomic mass is 35.5. The van der Waals surface area contributed by atoms with Crippen LogP contribution in [0, 0.1) is 0 Å². The molecular formula is C24H24Cl2N2O3. The van der Waals surface area contributed by atoms with Gasteiger partial charge in [-0.1, -0.05) is 43.1 Å². The molecule has 7 heteroatoms. The molecule has 0 aliphatic carbocycles. The Hall–Kier alpha value is -2.76. The zero-order valence-electron chi connectivity index (χ0n) is 17.6. The second-order valence-electron chi connectivity index (χ2n) is 7.27. The van der Waals surface area contributed by atoms with Crippen LogP contribution in [0.1, 0.15) is 41.3 Å². The van der Waals surface area contributed by atoms with Crippen LogP contribution < -0.4 is 14.8 Å². The Morgan fingerprint density at radius 1 is 1.16 bits per heavy atom. The number of nitrogens with one attached hydrogen (secondary N) is 1. The number of halogens is 2. The Morgan fingerprint density at radius 2 is 1.97 bits per heavy atom. The van der Waals surface area contributed by atoms with Crippen molar-refractivity contribution in [2.75, 3.05) is 13.7 Å². The van der Waals surface area contributed by atoms with E-state index in [1.807, 2.05) is 24.3 Å². The van der Waals surface area contributed by atoms with Crippen molar-refractivity contribution < 1.29 is 14.3 Å². The van der Waals surface area contributed by atoms with Gasteiger partial charge in [-0.15, -0.1) is 0 Å². The van der Waals surface area contributed by atoms with Crippen LogP contribution in [0.5, 0.6) is 17.2 Å². The van der Waals surface area contributed by atoms with Crippen molar-refractivity contribution in [1.82, 2.24) is 10.3 Å². The number of benzene rings is 2. The first-order valence-electron chi connectivity index (χ1n) is 9.91. The van der Waals surface area contributed by atoms with Gasteiger partial charge < -0.3 is 14.8 Å². The van der Waals surface area contributed by atoms with Gasteiger partial charge in [-0.3, -0.25) is 9.78 Å². The molecule has 1 aromatic heterocycles. The number of pyridine rings is 1. The minimum atomic E-state index is -0.298. The van der Waals surface area contributed by atoms with Crippen molar-refractivity contribution in [3.05, 3.63) is 81.6 Å². The van der Waals surface area contributed by atoms with E-state index in [4.69, 9.17) is 32.7 Å². The van der Waals surface area contributed by atoms with E-state index in [1.165, 1.54) is 0 Å². The van der Waals surface area contributed by atoms with Crippen LogP contribution in [0.15, 0.2) is 54.9 Å². The molecule has 5 nitrogen and oxygen atoms in total. The normalized spacial score (nSPS) is 10.8. The van der Waals surface area contributed by atoms with Crippen molar-refractivity contribution in [2.24, 2.45) is 0 Å². The van der Waals surface area contributed by atoms with Gasteiger partial charge >= 0.3 is 0 Å². The molecular weight excluding hydrogens is 435 g/mol. The first-order valence-corrected chi connectivity index (χ1v) is 10.7. The predicted molar refractivity (Wildman–Crippen MR) is 124 cm³/mol. The molecule has 1 heterocycles. The number of methoxy groups -OCH3 is 1. The Balaban J connectivity index is 1.77. The van der Waals surface area contributed by atoms with E-state index in [-0.39, 0.29) is 22.6 Å². The van der Waals surface area contributed by atoms with Crippen molar-refractivity contribution in [1.29, 1.82) is 0 Å². The molecule has 1 amide bonds. The molecule has 0 aliphatic rings. The molecule has 31 heavy (non-hydrogen) atoms. The van der Waals surface area contributed by atoms with Crippen LogP contribution in [0.3, 0.4) is 0 Å². The Bertz CT molecular complexity index is 1060. The van der Waals surface area contributed by atoms with E-state index in [0.29, 0.717) is 29.3 Å². The maximum absolute atomic E-state index is 12.7. The van der Waals surface area contributed by atoms with Crippen LogP contribution in [0.25, 0.3) is 0 Å². The fourth-order valence-corrected chi connectivity index (χ4v) is 3.64. The Kier molecular flexibility index (Phi) is 7.77. The molecule has 3 rings (SSSR count). The highest BCUT2D eigenvalue weighted by Gasteiger charge is 2.19. The number of hydrogen-bond donors (Lipinski definition) is 1. The van der Waals surface area contributed by atoms with Crippen LogP contribution in [-0.2, 0) is 6.42 Å². The highest BCUT2D eigenvalue weighted by Crippen LogP contribution is 2.40. The number of ether oxygens (including phenoxy) is 2. The Morgan fingerprint density at radius 3 is 2.65 bits per heavy atom. The van der Waals surface area contributed by atoms with Crippen LogP contribution in [0.2, 0.25) is 10.0 Å². The molecule has 0 saturated carbocycles. The summed E-state index contributed by atoms with van der Waals surface area (Å²) in [4.78, 5) is 16.7. The van der Waals surface area contributed by atoms with E-state index in [2.05, 4.69) is 24.1 Å². The van der Waals surface area contributed by atoms with Crippen molar-refractivity contribution in [3.8, 4) is 17.2 Å². The third-order valence-corrected chi connectivity index (χ3v) is 5.43. The van der Waals surface area contributed by atoms with Gasteiger partial charge in [-0.05, 0) is 54.3 Å². The summed E-state index contributed by atoms with van der Waals surface area (Å²) in [6, 6.07) is 12.5. The lowest BCUT2D eigenvalue weighted by atomic mass is 10.0. The molecule has 0 atom stereocenters. The largest absolute Gasteiger partial charge is 0.496 e. The van der Waals surface area contributed by atoms with Crippen LogP contribution in [0.4, 0.5) is 0 Å². The molecule has 3 aromatic rings. The zero-order chi connectivity index (χ0) is 22.4. The van der Waals surface area contributed by atoms with Gasteiger partial charge in [0.2, 0.25) is 0 Å². The third kappa shape index (κ3) is 5.69. The quantitative estimate of drug-likeness (QED) is 0.430. The molecule has 1 N–H and O–H groups in total. The number of nitrogens with zero attached hydrogens (tertiary/aromatic N) is 1. The average Bonchev–Trinajstić information content (AvgIpc) is 2.77. The topological polar surface area (TPSA) is 60.5 Å². The highest BCUT2D eigenvalue weighted by molar-refractivity contribution is 6.39. The fourth-order valence-electron chi connectivity index (χ4n) is 3.11. The second kappa shape index (κ2) is 10.5. The molecule has 0 bridgehead atoms. The Labute approximate surface area is 192 Å². The van der Waals surface area contributed by atoms with E-state index < -0.39 is 0 Å². The number of rotatable bonds is 8. The van der Waals surface area contributed by atoms with Gasteiger partial charge in [0.25, 0.3) is 5.91 Å². The molecule has 0 unspecified atom stereocenters. The van der Waals surface area contributed by atoms with Gasteiger partial charge in [0.1, 0.15) is 11.5 Å². The third-order valence-electron chi connectivity index (χ3n) is 4.76. The molecule has 2 aromatic carbocycles. The number of carbonyl (C=O) groups is 1. The van der Waals surface area contributed by atoms with E-state index in [0.717, 1.165) is 16.9 Å². The summed E-state index contributed by atoms with van der Waals surface area (Å²) >= 11 is 12.8. The maximum atomic E-state index is 12.7. The first-order chi connectivity index (χ1) is 14.9. The lowest BCUT2D eigenvalue weighted by Crippen LogP contribution is -2.26. The van der Waals surface area contributed by atoms with Gasteiger partial charge in [0, 0.05) is 24.5 Å². The van der Waals surface area contributed by atoms with Crippen LogP contribution in [-0.4, -0.2) is 24.5 Å². The second-order valence-corrected chi connectivity index (χ2v) is 8.05. The monoisotopic (exact) mass is 458 g/mol. The van der Waals surface area contributed by atoms with Gasteiger partial charge in [0.15, 0.2) is 5.75 Å². The SMILES string of the molecule is COc1ccc(Oc2c(Cl)ccc(C(=O)NCCc3cccnc3)c2Cl)cc1C(C)C. The van der Waals surface area contributed by atoms with E-state index in [9.17, 15) is 4.79 Å². The molecule has 0 spiro atoms. The minimum absolute atomic E-state index is 0.160. The van der Waals surface area contributed by atoms with Crippen molar-refractivity contribution in [2.45, 2.75) is 26.2 Å². The van der Waals surface area contributed by atoms with Gasteiger partial charge in [0.05, 0.1) is 22.7 Å². The predicted octanol–water partition coefficient (Wildman–Crippen LogP) is 6.29. The molecule has 0 fully saturated rings. The summed E-state index contributed by atoms with van der Waals surface area (Å²) in [7, 11) is 1.63. The first kappa shape index (κ1) is 22.9. The zero-order valence-corrected chi connectivity index (χ0v) is 19.1. The van der Waals surface area contributed by atoms with E-state index >= 15 is 0 Å². The number of carbonyl (C=O) groups excluding carboxylic acids is 1. The lowest BCUT2D eigenvalue weighted by Gasteiger charge is -2.16. The maximum Gasteiger partial charge on any atom is 0.252 e. The molecule has 0 aliphatic heterocycles. The summed E-state index contributed by atoms with van der Waals surface area (Å²) in [5, 5.41) is 3.35. The number of aromatic nitrogens is 1. The molecule has 162 valence electrons. The summed E-state index contributed by atoms with van der Waals surface area (Å²) in [6.07, 6.45) is 4.15. The van der Waals surface area contributed by atoms with Crippen molar-refractivity contribution >= 4 is 29.1 Å². The van der Waals surface area contributed by atoms with Crippen molar-refractivity contribution in [3.63, 3.8) is 0 Å². The molecule has 0 radical (unpaired) electrons. The van der Waals surface area contributed by atoms with E-state index in [1.54, 1.807) is 37.7 Å². The number of hydrogen-bond acceptors (Lipinski definition) is 4. The average molecular weight is 459 g/mol.